The van der Waals surface area contributed by atoms with Crippen molar-refractivity contribution in [1.29, 1.82) is 0 Å². The molecule has 2 amide bonds. The minimum absolute atomic E-state index is 0.274. The van der Waals surface area contributed by atoms with Gasteiger partial charge in [0.25, 0.3) is 0 Å². The predicted molar refractivity (Wildman–Crippen MR) is 101 cm³/mol. The van der Waals surface area contributed by atoms with Crippen LogP contribution < -0.4 is 15.4 Å². The summed E-state index contributed by atoms with van der Waals surface area (Å²) in [5.41, 5.74) is 1.96. The van der Waals surface area contributed by atoms with Gasteiger partial charge in [-0.15, -0.1) is 0 Å². The predicted octanol–water partition coefficient (Wildman–Crippen LogP) is 3.63. The zero-order valence-corrected chi connectivity index (χ0v) is 15.1. The molecule has 2 N–H and O–H groups in total. The molecule has 0 saturated carbocycles. The molecule has 2 aromatic carbocycles. The van der Waals surface area contributed by atoms with E-state index in [1.807, 2.05) is 24.3 Å². The van der Waals surface area contributed by atoms with E-state index >= 15 is 0 Å². The molecule has 2 rings (SSSR count). The molecule has 0 atom stereocenters. The Morgan fingerprint density at radius 1 is 1.00 bits per heavy atom. The third-order valence-electron chi connectivity index (χ3n) is 3.66. The number of rotatable bonds is 8. The SMILES string of the molecule is CCOC(=O)c1ccccc1NC(=O)NCCOc1ccc(CC)cc1. The molecule has 26 heavy (non-hydrogen) atoms. The van der Waals surface area contributed by atoms with Gasteiger partial charge in [0, 0.05) is 0 Å². The number of aryl methyl sites for hydroxylation is 1. The van der Waals surface area contributed by atoms with E-state index in [-0.39, 0.29) is 6.61 Å². The standard InChI is InChI=1S/C20H24N2O4/c1-3-15-9-11-16(12-10-15)26-14-13-21-20(24)22-18-8-6-5-7-17(18)19(23)25-4-2/h5-12H,3-4,13-14H2,1-2H3,(H2,21,22,24). The lowest BCUT2D eigenvalue weighted by Crippen LogP contribution is -2.32. The molecule has 0 unspecified atom stereocenters. The van der Waals surface area contributed by atoms with Gasteiger partial charge in [0.05, 0.1) is 24.4 Å². The maximum absolute atomic E-state index is 12.0. The van der Waals surface area contributed by atoms with E-state index in [0.29, 0.717) is 24.4 Å². The zero-order valence-electron chi connectivity index (χ0n) is 15.1. The van der Waals surface area contributed by atoms with Gasteiger partial charge >= 0.3 is 12.0 Å². The van der Waals surface area contributed by atoms with Crippen LogP contribution >= 0.6 is 0 Å². The van der Waals surface area contributed by atoms with Gasteiger partial charge in [-0.05, 0) is 43.2 Å². The summed E-state index contributed by atoms with van der Waals surface area (Å²) in [6.45, 7) is 4.78. The van der Waals surface area contributed by atoms with Crippen LogP contribution in [0.1, 0.15) is 29.8 Å². The summed E-state index contributed by atoms with van der Waals surface area (Å²) in [5, 5.41) is 5.35. The molecule has 0 bridgehead atoms. The van der Waals surface area contributed by atoms with Crippen molar-refractivity contribution in [2.75, 3.05) is 25.1 Å². The molecule has 0 spiro atoms. The second kappa shape index (κ2) is 10.1. The van der Waals surface area contributed by atoms with Crippen molar-refractivity contribution >= 4 is 17.7 Å². The lowest BCUT2D eigenvalue weighted by Gasteiger charge is -2.12. The Morgan fingerprint density at radius 2 is 1.73 bits per heavy atom. The molecule has 6 nitrogen and oxygen atoms in total. The number of carbonyl (C=O) groups excluding carboxylic acids is 2. The first-order chi connectivity index (χ1) is 12.6. The van der Waals surface area contributed by atoms with Gasteiger partial charge in [0.15, 0.2) is 0 Å². The molecule has 0 heterocycles. The van der Waals surface area contributed by atoms with Crippen LogP contribution in [0, 0.1) is 0 Å². The molecule has 0 saturated heterocycles. The second-order valence-electron chi connectivity index (χ2n) is 5.49. The number of hydrogen-bond donors (Lipinski definition) is 2. The number of carbonyl (C=O) groups is 2. The highest BCUT2D eigenvalue weighted by Gasteiger charge is 2.13. The summed E-state index contributed by atoms with van der Waals surface area (Å²) >= 11 is 0. The number of ether oxygens (including phenoxy) is 2. The highest BCUT2D eigenvalue weighted by Crippen LogP contribution is 2.16. The summed E-state index contributed by atoms with van der Waals surface area (Å²) in [7, 11) is 0. The molecule has 6 heteroatoms. The maximum atomic E-state index is 12.0. The number of para-hydroxylation sites is 1. The Bertz CT molecular complexity index is 729. The molecular formula is C20H24N2O4. The summed E-state index contributed by atoms with van der Waals surface area (Å²) in [4.78, 5) is 23.9. The van der Waals surface area contributed by atoms with Crippen LogP contribution in [0.5, 0.6) is 5.75 Å². The number of amides is 2. The minimum Gasteiger partial charge on any atom is -0.492 e. The van der Waals surface area contributed by atoms with Gasteiger partial charge in [0.1, 0.15) is 12.4 Å². The van der Waals surface area contributed by atoms with Crippen LogP contribution in [-0.2, 0) is 11.2 Å². The first-order valence-electron chi connectivity index (χ1n) is 8.66. The Hall–Kier alpha value is -3.02. The summed E-state index contributed by atoms with van der Waals surface area (Å²) < 4.78 is 10.6. The molecule has 0 aliphatic heterocycles. The average molecular weight is 356 g/mol. The van der Waals surface area contributed by atoms with E-state index in [1.54, 1.807) is 31.2 Å². The first kappa shape index (κ1) is 19.3. The van der Waals surface area contributed by atoms with Crippen molar-refractivity contribution in [3.05, 3.63) is 59.7 Å². The van der Waals surface area contributed by atoms with Gasteiger partial charge in [-0.2, -0.15) is 0 Å². The van der Waals surface area contributed by atoms with E-state index in [9.17, 15) is 9.59 Å². The molecule has 0 aromatic heterocycles. The maximum Gasteiger partial charge on any atom is 0.340 e. The molecule has 138 valence electrons. The van der Waals surface area contributed by atoms with Crippen LogP contribution in [0.15, 0.2) is 48.5 Å². The van der Waals surface area contributed by atoms with Crippen molar-refractivity contribution in [3.8, 4) is 5.75 Å². The third kappa shape index (κ3) is 5.81. The molecule has 0 aliphatic carbocycles. The summed E-state index contributed by atoms with van der Waals surface area (Å²) in [6, 6.07) is 14.2. The molecule has 0 fully saturated rings. The Labute approximate surface area is 153 Å². The highest BCUT2D eigenvalue weighted by molar-refractivity contribution is 6.00. The fraction of sp³-hybridized carbons (Fsp3) is 0.300. The fourth-order valence-electron chi connectivity index (χ4n) is 2.30. The average Bonchev–Trinajstić information content (AvgIpc) is 2.66. The number of esters is 1. The second-order valence-corrected chi connectivity index (χ2v) is 5.49. The van der Waals surface area contributed by atoms with Gasteiger partial charge in [-0.25, -0.2) is 9.59 Å². The van der Waals surface area contributed by atoms with Crippen molar-refractivity contribution in [3.63, 3.8) is 0 Å². The quantitative estimate of drug-likeness (QED) is 0.559. The number of urea groups is 1. The van der Waals surface area contributed by atoms with Crippen LogP contribution in [0.4, 0.5) is 10.5 Å². The van der Waals surface area contributed by atoms with Crippen LogP contribution in [-0.4, -0.2) is 31.8 Å². The number of anilines is 1. The molecular weight excluding hydrogens is 332 g/mol. The Balaban J connectivity index is 1.79. The van der Waals surface area contributed by atoms with Crippen LogP contribution in [0.25, 0.3) is 0 Å². The van der Waals surface area contributed by atoms with Gasteiger partial charge in [-0.1, -0.05) is 31.2 Å². The Kier molecular flexibility index (Phi) is 7.49. The third-order valence-corrected chi connectivity index (χ3v) is 3.66. The smallest absolute Gasteiger partial charge is 0.340 e. The van der Waals surface area contributed by atoms with Gasteiger partial charge < -0.3 is 20.1 Å². The number of benzene rings is 2. The largest absolute Gasteiger partial charge is 0.492 e. The van der Waals surface area contributed by atoms with E-state index in [1.165, 1.54) is 5.56 Å². The lowest BCUT2D eigenvalue weighted by molar-refractivity contribution is 0.0527. The zero-order chi connectivity index (χ0) is 18.8. The van der Waals surface area contributed by atoms with Crippen molar-refractivity contribution < 1.29 is 19.1 Å². The van der Waals surface area contributed by atoms with E-state index in [0.717, 1.165) is 12.2 Å². The van der Waals surface area contributed by atoms with Crippen molar-refractivity contribution in [1.82, 2.24) is 5.32 Å². The molecule has 0 aliphatic rings. The van der Waals surface area contributed by atoms with Gasteiger partial charge in [0.2, 0.25) is 0 Å². The summed E-state index contributed by atoms with van der Waals surface area (Å²) in [6.07, 6.45) is 0.981. The normalized spacial score (nSPS) is 10.1. The van der Waals surface area contributed by atoms with Gasteiger partial charge in [-0.3, -0.25) is 0 Å². The van der Waals surface area contributed by atoms with Crippen molar-refractivity contribution in [2.24, 2.45) is 0 Å². The molecule has 0 radical (unpaired) electrons. The van der Waals surface area contributed by atoms with E-state index in [4.69, 9.17) is 9.47 Å². The number of hydrogen-bond acceptors (Lipinski definition) is 4. The highest BCUT2D eigenvalue weighted by atomic mass is 16.5. The fourth-order valence-corrected chi connectivity index (χ4v) is 2.30. The first-order valence-corrected chi connectivity index (χ1v) is 8.66. The summed E-state index contributed by atoms with van der Waals surface area (Å²) in [5.74, 6) is 0.291. The Morgan fingerprint density at radius 3 is 2.42 bits per heavy atom. The van der Waals surface area contributed by atoms with Crippen molar-refractivity contribution in [2.45, 2.75) is 20.3 Å². The van der Waals surface area contributed by atoms with E-state index in [2.05, 4.69) is 17.6 Å². The van der Waals surface area contributed by atoms with Crippen LogP contribution in [0.2, 0.25) is 0 Å². The lowest BCUT2D eigenvalue weighted by atomic mass is 10.2. The minimum atomic E-state index is -0.470. The molecule has 2 aromatic rings. The van der Waals surface area contributed by atoms with Crippen LogP contribution in [0.3, 0.4) is 0 Å². The van der Waals surface area contributed by atoms with E-state index < -0.39 is 12.0 Å². The monoisotopic (exact) mass is 356 g/mol. The topological polar surface area (TPSA) is 76.7 Å². The number of nitrogens with one attached hydrogen (secondary N) is 2.